The van der Waals surface area contributed by atoms with Gasteiger partial charge in [-0.15, -0.1) is 0 Å². The van der Waals surface area contributed by atoms with Crippen LogP contribution in [0.15, 0.2) is 42.6 Å². The molecule has 138 valence electrons. The van der Waals surface area contributed by atoms with Crippen LogP contribution in [0.2, 0.25) is 5.02 Å². The number of anilines is 1. The lowest BCUT2D eigenvalue weighted by Crippen LogP contribution is -2.41. The van der Waals surface area contributed by atoms with Crippen molar-refractivity contribution in [2.45, 2.75) is 0 Å². The van der Waals surface area contributed by atoms with E-state index in [0.717, 1.165) is 24.3 Å². The summed E-state index contributed by atoms with van der Waals surface area (Å²) < 4.78 is 0. The minimum atomic E-state index is -0.824. The maximum atomic E-state index is 13.0. The Morgan fingerprint density at radius 1 is 0.893 bits per heavy atom. The van der Waals surface area contributed by atoms with E-state index >= 15 is 0 Å². The largest absolute Gasteiger partial charge is 0.270 e. The number of carbonyl (C=O) groups is 2. The van der Waals surface area contributed by atoms with Gasteiger partial charge in [0.15, 0.2) is 0 Å². The summed E-state index contributed by atoms with van der Waals surface area (Å²) in [6, 6.07) is 6.99. The molecule has 0 fully saturated rings. The highest BCUT2D eigenvalue weighted by Crippen LogP contribution is 2.37. The normalized spacial score (nSPS) is 13.1. The quantitative estimate of drug-likeness (QED) is 0.374. The fourth-order valence-corrected chi connectivity index (χ4v) is 3.19. The highest BCUT2D eigenvalue weighted by Gasteiger charge is 2.37. The molecule has 0 aliphatic carbocycles. The van der Waals surface area contributed by atoms with Crippen LogP contribution in [-0.4, -0.2) is 26.6 Å². The number of nitro groups is 2. The van der Waals surface area contributed by atoms with Crippen molar-refractivity contribution in [3.8, 4) is 0 Å². The van der Waals surface area contributed by atoms with Gasteiger partial charge < -0.3 is 0 Å². The first-order chi connectivity index (χ1) is 13.3. The summed E-state index contributed by atoms with van der Waals surface area (Å²) in [6.45, 7) is 0. The summed E-state index contributed by atoms with van der Waals surface area (Å²) >= 11 is 5.78. The van der Waals surface area contributed by atoms with Crippen LogP contribution in [0.1, 0.15) is 20.7 Å². The zero-order valence-corrected chi connectivity index (χ0v) is 14.4. The van der Waals surface area contributed by atoms with Gasteiger partial charge in [-0.3, -0.25) is 29.8 Å². The number of nitrogens with zero attached hydrogens (tertiary/aromatic N) is 4. The maximum absolute atomic E-state index is 13.0. The molecule has 0 bridgehead atoms. The molecule has 1 aliphatic rings. The Balaban J connectivity index is 2.05. The summed E-state index contributed by atoms with van der Waals surface area (Å²) in [5, 5.41) is 22.9. The Kier molecular flexibility index (Phi) is 3.79. The molecule has 2 amide bonds. The van der Waals surface area contributed by atoms with Crippen molar-refractivity contribution in [3.05, 3.63) is 79.0 Å². The number of pyridine rings is 1. The SMILES string of the molecule is O=C1c2cc([N+](=O)[O-])cc3cc([N+](=O)[O-])cc(c23)C(=O)N1c1ccc(Cl)cn1. The molecule has 0 N–H and O–H groups in total. The molecule has 2 heterocycles. The topological polar surface area (TPSA) is 137 Å². The Bertz CT molecular complexity index is 1160. The van der Waals surface area contributed by atoms with Gasteiger partial charge in [-0.2, -0.15) is 0 Å². The number of halogens is 1. The smallest absolute Gasteiger partial charge is 0.268 e. The first kappa shape index (κ1) is 17.5. The fraction of sp³-hybridized carbons (Fsp3) is 0. The Morgan fingerprint density at radius 2 is 1.43 bits per heavy atom. The summed E-state index contributed by atoms with van der Waals surface area (Å²) in [5.74, 6) is -1.71. The molecule has 11 heteroatoms. The lowest BCUT2D eigenvalue weighted by Gasteiger charge is -2.26. The van der Waals surface area contributed by atoms with Gasteiger partial charge in [0.1, 0.15) is 5.82 Å². The third-order valence-corrected chi connectivity index (χ3v) is 4.47. The van der Waals surface area contributed by atoms with Crippen molar-refractivity contribution in [2.24, 2.45) is 0 Å². The van der Waals surface area contributed by atoms with Crippen LogP contribution in [-0.2, 0) is 0 Å². The minimum Gasteiger partial charge on any atom is -0.268 e. The van der Waals surface area contributed by atoms with E-state index in [0.29, 0.717) is 4.90 Å². The second kappa shape index (κ2) is 6.06. The van der Waals surface area contributed by atoms with Gasteiger partial charge in [0.05, 0.1) is 26.0 Å². The van der Waals surface area contributed by atoms with Crippen molar-refractivity contribution in [2.75, 3.05) is 4.90 Å². The van der Waals surface area contributed by atoms with Crippen LogP contribution >= 0.6 is 11.6 Å². The first-order valence-corrected chi connectivity index (χ1v) is 8.06. The number of nitro benzene ring substituents is 2. The molecule has 0 radical (unpaired) electrons. The molecule has 28 heavy (non-hydrogen) atoms. The van der Waals surface area contributed by atoms with E-state index in [1.807, 2.05) is 0 Å². The standard InChI is InChI=1S/C17H7ClN4O6/c18-9-1-2-14(19-7-9)20-16(23)12-5-10(21(25)26)3-8-4-11(22(27)28)6-13(15(8)12)17(20)24/h1-7H. The average molecular weight is 399 g/mol. The van der Waals surface area contributed by atoms with E-state index in [2.05, 4.69) is 4.98 Å². The van der Waals surface area contributed by atoms with Crippen LogP contribution in [0, 0.1) is 20.2 Å². The molecular weight excluding hydrogens is 392 g/mol. The van der Waals surface area contributed by atoms with Crippen LogP contribution in [0.5, 0.6) is 0 Å². The van der Waals surface area contributed by atoms with Crippen molar-refractivity contribution >= 4 is 51.4 Å². The van der Waals surface area contributed by atoms with Crippen molar-refractivity contribution in [1.82, 2.24) is 4.98 Å². The molecule has 2 aromatic carbocycles. The van der Waals surface area contributed by atoms with Gasteiger partial charge in [-0.25, -0.2) is 9.88 Å². The highest BCUT2D eigenvalue weighted by atomic mass is 35.5. The number of carbonyl (C=O) groups excluding carboxylic acids is 2. The van der Waals surface area contributed by atoms with E-state index in [-0.39, 0.29) is 32.7 Å². The van der Waals surface area contributed by atoms with E-state index < -0.39 is 33.0 Å². The second-order valence-electron chi connectivity index (χ2n) is 5.88. The molecular formula is C17H7ClN4O6. The molecule has 0 saturated carbocycles. The van der Waals surface area contributed by atoms with Crippen LogP contribution in [0.3, 0.4) is 0 Å². The lowest BCUT2D eigenvalue weighted by molar-refractivity contribution is -0.385. The van der Waals surface area contributed by atoms with Gasteiger partial charge in [-0.1, -0.05) is 11.6 Å². The number of rotatable bonds is 3. The summed E-state index contributed by atoms with van der Waals surface area (Å²) in [6.07, 6.45) is 1.23. The summed E-state index contributed by atoms with van der Waals surface area (Å²) in [7, 11) is 0. The predicted molar refractivity (Wildman–Crippen MR) is 97.6 cm³/mol. The molecule has 0 spiro atoms. The van der Waals surface area contributed by atoms with Gasteiger partial charge in [0.2, 0.25) is 0 Å². The van der Waals surface area contributed by atoms with Crippen LogP contribution in [0.4, 0.5) is 17.2 Å². The highest BCUT2D eigenvalue weighted by molar-refractivity contribution is 6.36. The average Bonchev–Trinajstić information content (AvgIpc) is 2.66. The molecule has 0 saturated heterocycles. The molecule has 0 unspecified atom stereocenters. The number of aromatic nitrogens is 1. The number of imide groups is 1. The van der Waals surface area contributed by atoms with Gasteiger partial charge >= 0.3 is 0 Å². The zero-order valence-electron chi connectivity index (χ0n) is 13.7. The number of hydrogen-bond donors (Lipinski definition) is 0. The summed E-state index contributed by atoms with van der Waals surface area (Å²) in [5.41, 5.74) is -1.10. The van der Waals surface area contributed by atoms with E-state index in [4.69, 9.17) is 11.6 Å². The van der Waals surface area contributed by atoms with Crippen LogP contribution in [0.25, 0.3) is 10.8 Å². The monoisotopic (exact) mass is 398 g/mol. The second-order valence-corrected chi connectivity index (χ2v) is 6.32. The number of non-ortho nitro benzene ring substituents is 2. The molecule has 4 rings (SSSR count). The fourth-order valence-electron chi connectivity index (χ4n) is 3.07. The first-order valence-electron chi connectivity index (χ1n) is 7.69. The lowest BCUT2D eigenvalue weighted by atomic mass is 9.92. The zero-order chi connectivity index (χ0) is 20.2. The molecule has 3 aromatic rings. The Labute approximate surface area is 160 Å². The third-order valence-electron chi connectivity index (χ3n) is 4.25. The maximum Gasteiger partial charge on any atom is 0.270 e. The van der Waals surface area contributed by atoms with Gasteiger partial charge in [0, 0.05) is 35.8 Å². The number of hydrogen-bond acceptors (Lipinski definition) is 7. The van der Waals surface area contributed by atoms with E-state index in [1.54, 1.807) is 0 Å². The molecule has 1 aliphatic heterocycles. The number of benzene rings is 2. The van der Waals surface area contributed by atoms with Crippen molar-refractivity contribution < 1.29 is 19.4 Å². The minimum absolute atomic E-state index is 0.0545. The van der Waals surface area contributed by atoms with E-state index in [1.165, 1.54) is 18.3 Å². The number of amides is 2. The van der Waals surface area contributed by atoms with Crippen molar-refractivity contribution in [3.63, 3.8) is 0 Å². The molecule has 10 nitrogen and oxygen atoms in total. The third kappa shape index (κ3) is 2.55. The molecule has 0 atom stereocenters. The van der Waals surface area contributed by atoms with Gasteiger partial charge in [0.25, 0.3) is 23.2 Å². The Morgan fingerprint density at radius 3 is 1.86 bits per heavy atom. The van der Waals surface area contributed by atoms with E-state index in [9.17, 15) is 29.8 Å². The summed E-state index contributed by atoms with van der Waals surface area (Å²) in [4.78, 5) is 51.6. The predicted octanol–water partition coefficient (Wildman–Crippen LogP) is 3.51. The van der Waals surface area contributed by atoms with Crippen LogP contribution < -0.4 is 4.90 Å². The van der Waals surface area contributed by atoms with Crippen molar-refractivity contribution in [1.29, 1.82) is 0 Å². The Hall–Kier alpha value is -3.92. The van der Waals surface area contributed by atoms with Gasteiger partial charge in [-0.05, 0) is 17.5 Å². The molecule has 1 aromatic heterocycles.